The van der Waals surface area contributed by atoms with Crippen molar-refractivity contribution in [3.63, 3.8) is 0 Å². The average molecular weight is 201 g/mol. The Hall–Kier alpha value is -2.23. The summed E-state index contributed by atoms with van der Waals surface area (Å²) >= 11 is 0. The van der Waals surface area contributed by atoms with Crippen molar-refractivity contribution in [2.24, 2.45) is 0 Å². The van der Waals surface area contributed by atoms with Crippen LogP contribution in [0.5, 0.6) is 0 Å². The molecule has 4 heteroatoms. The SMILES string of the molecule is O=Cc1nc2ccccc2cc1C(=O)O. The highest BCUT2D eigenvalue weighted by molar-refractivity contribution is 5.99. The smallest absolute Gasteiger partial charge is 0.338 e. The van der Waals surface area contributed by atoms with Gasteiger partial charge in [-0.15, -0.1) is 0 Å². The van der Waals surface area contributed by atoms with E-state index in [9.17, 15) is 9.59 Å². The van der Waals surface area contributed by atoms with Crippen molar-refractivity contribution < 1.29 is 14.7 Å². The molecule has 0 fully saturated rings. The van der Waals surface area contributed by atoms with Gasteiger partial charge in [0.1, 0.15) is 5.69 Å². The monoisotopic (exact) mass is 201 g/mol. The zero-order valence-electron chi connectivity index (χ0n) is 7.68. The van der Waals surface area contributed by atoms with Gasteiger partial charge in [0.2, 0.25) is 0 Å². The van der Waals surface area contributed by atoms with Crippen LogP contribution < -0.4 is 0 Å². The summed E-state index contributed by atoms with van der Waals surface area (Å²) in [7, 11) is 0. The molecule has 74 valence electrons. The van der Waals surface area contributed by atoms with Crippen LogP contribution in [0, 0.1) is 0 Å². The van der Waals surface area contributed by atoms with E-state index in [4.69, 9.17) is 5.11 Å². The number of carbonyl (C=O) groups excluding carboxylic acids is 1. The number of aromatic carboxylic acids is 1. The maximum absolute atomic E-state index is 10.8. The minimum Gasteiger partial charge on any atom is -0.478 e. The molecule has 0 aliphatic heterocycles. The fraction of sp³-hybridized carbons (Fsp3) is 0. The van der Waals surface area contributed by atoms with E-state index in [-0.39, 0.29) is 11.3 Å². The number of benzene rings is 1. The van der Waals surface area contributed by atoms with Crippen molar-refractivity contribution in [2.75, 3.05) is 0 Å². The van der Waals surface area contributed by atoms with E-state index < -0.39 is 5.97 Å². The molecule has 4 nitrogen and oxygen atoms in total. The highest BCUT2D eigenvalue weighted by Gasteiger charge is 2.11. The predicted molar refractivity (Wildman–Crippen MR) is 54.1 cm³/mol. The highest BCUT2D eigenvalue weighted by atomic mass is 16.4. The Morgan fingerprint density at radius 2 is 2.07 bits per heavy atom. The number of para-hydroxylation sites is 1. The molecule has 1 aromatic carbocycles. The molecule has 0 atom stereocenters. The van der Waals surface area contributed by atoms with E-state index in [0.29, 0.717) is 17.2 Å². The maximum Gasteiger partial charge on any atom is 0.338 e. The first kappa shape index (κ1) is 9.33. The third-order valence-corrected chi connectivity index (χ3v) is 2.10. The molecule has 2 rings (SSSR count). The zero-order valence-corrected chi connectivity index (χ0v) is 7.68. The zero-order chi connectivity index (χ0) is 10.8. The van der Waals surface area contributed by atoms with Crippen molar-refractivity contribution in [1.82, 2.24) is 4.98 Å². The number of carboxylic acid groups (broad SMARTS) is 1. The summed E-state index contributed by atoms with van der Waals surface area (Å²) in [6.07, 6.45) is 0.454. The minimum atomic E-state index is -1.14. The lowest BCUT2D eigenvalue weighted by Crippen LogP contribution is -2.04. The van der Waals surface area contributed by atoms with Crippen molar-refractivity contribution in [3.8, 4) is 0 Å². The molecule has 15 heavy (non-hydrogen) atoms. The number of aromatic nitrogens is 1. The lowest BCUT2D eigenvalue weighted by Gasteiger charge is -2.01. The number of fused-ring (bicyclic) bond motifs is 1. The second-order valence-electron chi connectivity index (χ2n) is 3.04. The van der Waals surface area contributed by atoms with Gasteiger partial charge in [-0.1, -0.05) is 18.2 Å². The molecule has 0 aliphatic carbocycles. The molecule has 0 radical (unpaired) electrons. The van der Waals surface area contributed by atoms with Crippen LogP contribution >= 0.6 is 0 Å². The summed E-state index contributed by atoms with van der Waals surface area (Å²) in [4.78, 5) is 25.4. The Balaban J connectivity index is 2.80. The van der Waals surface area contributed by atoms with Crippen LogP contribution in [-0.2, 0) is 0 Å². The van der Waals surface area contributed by atoms with E-state index in [0.717, 1.165) is 0 Å². The summed E-state index contributed by atoms with van der Waals surface area (Å²) in [5.41, 5.74) is 0.509. The number of nitrogens with zero attached hydrogens (tertiary/aromatic N) is 1. The Morgan fingerprint density at radius 3 is 2.73 bits per heavy atom. The number of aldehydes is 1. The van der Waals surface area contributed by atoms with E-state index in [1.807, 2.05) is 0 Å². The molecule has 1 heterocycles. The fourth-order valence-corrected chi connectivity index (χ4v) is 1.39. The largest absolute Gasteiger partial charge is 0.478 e. The number of carboxylic acids is 1. The van der Waals surface area contributed by atoms with Gasteiger partial charge in [-0.3, -0.25) is 4.79 Å². The quantitative estimate of drug-likeness (QED) is 0.751. The molecule has 0 saturated carbocycles. The van der Waals surface area contributed by atoms with Gasteiger partial charge < -0.3 is 5.11 Å². The number of carbonyl (C=O) groups is 2. The fourth-order valence-electron chi connectivity index (χ4n) is 1.39. The van der Waals surface area contributed by atoms with Gasteiger partial charge in [0.15, 0.2) is 6.29 Å². The van der Waals surface area contributed by atoms with Crippen LogP contribution in [0.3, 0.4) is 0 Å². The first-order valence-corrected chi connectivity index (χ1v) is 4.30. The Labute approximate surface area is 85.2 Å². The molecule has 1 aromatic heterocycles. The minimum absolute atomic E-state index is 0.0406. The third kappa shape index (κ3) is 1.57. The van der Waals surface area contributed by atoms with Crippen LogP contribution in [0.25, 0.3) is 10.9 Å². The second-order valence-corrected chi connectivity index (χ2v) is 3.04. The number of hydrogen-bond acceptors (Lipinski definition) is 3. The van der Waals surface area contributed by atoms with Crippen LogP contribution in [-0.4, -0.2) is 22.3 Å². The van der Waals surface area contributed by atoms with Crippen LogP contribution in [0.1, 0.15) is 20.8 Å². The molecule has 1 N–H and O–H groups in total. The molecule has 0 spiro atoms. The van der Waals surface area contributed by atoms with Gasteiger partial charge in [0, 0.05) is 5.39 Å². The van der Waals surface area contributed by atoms with Crippen molar-refractivity contribution >= 4 is 23.2 Å². The molecule has 0 unspecified atom stereocenters. The van der Waals surface area contributed by atoms with Gasteiger partial charge >= 0.3 is 5.97 Å². The lowest BCUT2D eigenvalue weighted by atomic mass is 10.1. The first-order chi connectivity index (χ1) is 7.22. The second kappa shape index (κ2) is 3.49. The van der Waals surface area contributed by atoms with E-state index in [2.05, 4.69) is 4.98 Å². The molecule has 2 aromatic rings. The van der Waals surface area contributed by atoms with Gasteiger partial charge in [0.25, 0.3) is 0 Å². The molecule has 0 saturated heterocycles. The Morgan fingerprint density at radius 1 is 1.33 bits per heavy atom. The Kier molecular flexibility index (Phi) is 2.17. The predicted octanol–water partition coefficient (Wildman–Crippen LogP) is 1.75. The average Bonchev–Trinajstić information content (AvgIpc) is 2.27. The maximum atomic E-state index is 10.8. The van der Waals surface area contributed by atoms with Gasteiger partial charge in [-0.2, -0.15) is 0 Å². The van der Waals surface area contributed by atoms with Crippen molar-refractivity contribution in [1.29, 1.82) is 0 Å². The third-order valence-electron chi connectivity index (χ3n) is 2.10. The van der Waals surface area contributed by atoms with E-state index in [1.165, 1.54) is 6.07 Å². The number of rotatable bonds is 2. The van der Waals surface area contributed by atoms with Crippen molar-refractivity contribution in [3.05, 3.63) is 41.6 Å². The molecular weight excluding hydrogens is 194 g/mol. The summed E-state index contributed by atoms with van der Waals surface area (Å²) in [6, 6.07) is 8.51. The normalized spacial score (nSPS) is 10.1. The summed E-state index contributed by atoms with van der Waals surface area (Å²) < 4.78 is 0. The summed E-state index contributed by atoms with van der Waals surface area (Å²) in [5, 5.41) is 9.57. The van der Waals surface area contributed by atoms with Gasteiger partial charge in [-0.05, 0) is 12.1 Å². The summed E-state index contributed by atoms with van der Waals surface area (Å²) in [5.74, 6) is -1.14. The van der Waals surface area contributed by atoms with E-state index in [1.54, 1.807) is 24.3 Å². The van der Waals surface area contributed by atoms with Gasteiger partial charge in [0.05, 0.1) is 11.1 Å². The van der Waals surface area contributed by atoms with Crippen LogP contribution in [0.4, 0.5) is 0 Å². The Bertz CT molecular complexity index is 549. The lowest BCUT2D eigenvalue weighted by molar-refractivity contribution is 0.0693. The molecule has 0 amide bonds. The number of hydrogen-bond donors (Lipinski definition) is 1. The highest BCUT2D eigenvalue weighted by Crippen LogP contribution is 2.15. The number of pyridine rings is 1. The first-order valence-electron chi connectivity index (χ1n) is 4.30. The van der Waals surface area contributed by atoms with Crippen molar-refractivity contribution in [2.45, 2.75) is 0 Å². The summed E-state index contributed by atoms with van der Waals surface area (Å²) in [6.45, 7) is 0. The van der Waals surface area contributed by atoms with Crippen LogP contribution in [0.15, 0.2) is 30.3 Å². The standard InChI is InChI=1S/C11H7NO3/c13-6-10-8(11(14)15)5-7-3-1-2-4-9(7)12-10/h1-6H,(H,14,15). The topological polar surface area (TPSA) is 67.3 Å². The van der Waals surface area contributed by atoms with E-state index >= 15 is 0 Å². The van der Waals surface area contributed by atoms with Gasteiger partial charge in [-0.25, -0.2) is 9.78 Å². The molecule has 0 aliphatic rings. The molecule has 0 bridgehead atoms. The molecular formula is C11H7NO3. The van der Waals surface area contributed by atoms with Crippen LogP contribution in [0.2, 0.25) is 0 Å².